The van der Waals surface area contributed by atoms with Crippen molar-refractivity contribution in [1.82, 2.24) is 15.3 Å². The van der Waals surface area contributed by atoms with E-state index < -0.39 is 10.0 Å². The molecule has 11 heteroatoms. The summed E-state index contributed by atoms with van der Waals surface area (Å²) in [7, 11) is -3.88. The zero-order valence-corrected chi connectivity index (χ0v) is 22.9. The van der Waals surface area contributed by atoms with Gasteiger partial charge in [-0.05, 0) is 94.0 Å². The molecule has 0 aliphatic heterocycles. The number of nitrogens with one attached hydrogen (secondary N) is 3. The van der Waals surface area contributed by atoms with Gasteiger partial charge in [0.25, 0.3) is 15.9 Å². The van der Waals surface area contributed by atoms with Gasteiger partial charge in [-0.1, -0.05) is 19.8 Å². The van der Waals surface area contributed by atoms with Crippen molar-refractivity contribution in [1.29, 1.82) is 0 Å². The number of benzene rings is 2. The molecule has 0 aliphatic carbocycles. The van der Waals surface area contributed by atoms with Gasteiger partial charge >= 0.3 is 0 Å². The number of aryl methyl sites for hydroxylation is 2. The monoisotopic (exact) mass is 541 g/mol. The second-order valence-electron chi connectivity index (χ2n) is 8.61. The number of carbonyl (C=O) groups excluding carboxylic acids is 1. The molecule has 3 N–H and O–H groups in total. The molecule has 3 rings (SSSR count). The lowest BCUT2D eigenvalue weighted by Crippen LogP contribution is -2.34. The third-order valence-corrected chi connectivity index (χ3v) is 6.82. The number of nitrogens with zero attached hydrogens (tertiary/aromatic N) is 2. The maximum Gasteiger partial charge on any atom is 0.264 e. The summed E-state index contributed by atoms with van der Waals surface area (Å²) in [6.07, 6.45) is 3.30. The van der Waals surface area contributed by atoms with E-state index in [2.05, 4.69) is 32.2 Å². The Hall–Kier alpha value is -3.57. The maximum absolute atomic E-state index is 12.7. The zero-order valence-electron chi connectivity index (χ0n) is 21.2. The Balaban J connectivity index is 1.55. The van der Waals surface area contributed by atoms with Crippen LogP contribution in [0, 0.1) is 13.8 Å². The van der Waals surface area contributed by atoms with E-state index in [-0.39, 0.29) is 28.0 Å². The average molecular weight is 542 g/mol. The fraction of sp³-hybridized carbons (Fsp3) is 0.308. The molecule has 0 radical (unpaired) electrons. The van der Waals surface area contributed by atoms with E-state index in [0.717, 1.165) is 19.3 Å². The van der Waals surface area contributed by atoms with E-state index in [0.29, 0.717) is 28.4 Å². The third kappa shape index (κ3) is 8.50. The number of aromatic nitrogens is 2. The van der Waals surface area contributed by atoms with Gasteiger partial charge in [0.1, 0.15) is 5.75 Å². The minimum absolute atomic E-state index is 0.00851. The molecule has 1 atom stereocenters. The highest BCUT2D eigenvalue weighted by Gasteiger charge is 2.16. The lowest BCUT2D eigenvalue weighted by Gasteiger charge is -2.14. The Morgan fingerprint density at radius 2 is 1.65 bits per heavy atom. The smallest absolute Gasteiger partial charge is 0.264 e. The van der Waals surface area contributed by atoms with Crippen LogP contribution in [0.1, 0.15) is 54.9 Å². The first-order chi connectivity index (χ1) is 17.6. The number of amides is 1. The number of sulfonamides is 1. The summed E-state index contributed by atoms with van der Waals surface area (Å²) >= 11 is 5.24. The van der Waals surface area contributed by atoms with Crippen molar-refractivity contribution in [3.8, 4) is 5.75 Å². The van der Waals surface area contributed by atoms with E-state index in [1.54, 1.807) is 56.3 Å². The molecule has 1 aromatic heterocycles. The number of thiocarbonyl (C=S) groups is 1. The second-order valence-corrected chi connectivity index (χ2v) is 10.7. The number of hydrogen-bond acceptors (Lipinski definition) is 7. The van der Waals surface area contributed by atoms with E-state index >= 15 is 0 Å². The summed E-state index contributed by atoms with van der Waals surface area (Å²) in [5, 5.41) is 5.57. The highest BCUT2D eigenvalue weighted by Crippen LogP contribution is 2.18. The fourth-order valence-corrected chi connectivity index (χ4v) is 4.63. The zero-order chi connectivity index (χ0) is 27.0. The molecule has 0 spiro atoms. The van der Waals surface area contributed by atoms with Crippen LogP contribution in [-0.4, -0.2) is 35.5 Å². The van der Waals surface area contributed by atoms with Crippen LogP contribution >= 0.6 is 12.2 Å². The summed E-state index contributed by atoms with van der Waals surface area (Å²) in [6, 6.07) is 14.5. The van der Waals surface area contributed by atoms with Crippen LogP contribution in [0.4, 0.5) is 11.6 Å². The van der Waals surface area contributed by atoms with Crippen LogP contribution in [0.3, 0.4) is 0 Å². The van der Waals surface area contributed by atoms with Crippen LogP contribution < -0.4 is 20.1 Å². The van der Waals surface area contributed by atoms with Crippen molar-refractivity contribution >= 4 is 44.9 Å². The molecular weight excluding hydrogens is 510 g/mol. The molecule has 1 amide bonds. The minimum atomic E-state index is -3.88. The van der Waals surface area contributed by atoms with E-state index in [1.165, 1.54) is 12.1 Å². The lowest BCUT2D eigenvalue weighted by atomic mass is 10.2. The van der Waals surface area contributed by atoms with E-state index in [4.69, 9.17) is 17.0 Å². The Morgan fingerprint density at radius 1 is 1.03 bits per heavy atom. The standard InChI is InChI=1S/C26H31N5O4S2/c1-5-6-7-19(4)35-22-12-8-20(9-13-22)24(32)30-26(36)29-21-10-14-23(15-11-21)37(33,34)31-25-27-17(2)16-18(3)28-25/h8-16,19H,5-7H2,1-4H3,(H,27,28,31)(H2,29,30,32,36). The first-order valence-corrected chi connectivity index (χ1v) is 13.8. The van der Waals surface area contributed by atoms with E-state index in [1.807, 2.05) is 6.92 Å². The summed E-state index contributed by atoms with van der Waals surface area (Å²) in [5.74, 6) is 0.337. The van der Waals surface area contributed by atoms with Crippen molar-refractivity contribution in [2.45, 2.75) is 58.0 Å². The van der Waals surface area contributed by atoms with Crippen molar-refractivity contribution in [2.24, 2.45) is 0 Å². The average Bonchev–Trinajstić information content (AvgIpc) is 2.82. The van der Waals surface area contributed by atoms with Gasteiger partial charge in [-0.2, -0.15) is 0 Å². The third-order valence-electron chi connectivity index (χ3n) is 5.28. The van der Waals surface area contributed by atoms with Crippen molar-refractivity contribution < 1.29 is 17.9 Å². The summed E-state index contributed by atoms with van der Waals surface area (Å²) in [4.78, 5) is 20.8. The number of hydrogen-bond donors (Lipinski definition) is 3. The number of rotatable bonds is 10. The predicted octanol–water partition coefficient (Wildman–Crippen LogP) is 4.98. The highest BCUT2D eigenvalue weighted by molar-refractivity contribution is 7.92. The summed E-state index contributed by atoms with van der Waals surface area (Å²) < 4.78 is 33.6. The molecule has 37 heavy (non-hydrogen) atoms. The van der Waals surface area contributed by atoms with Crippen LogP contribution in [0.15, 0.2) is 59.5 Å². The maximum atomic E-state index is 12.7. The van der Waals surface area contributed by atoms with Gasteiger partial charge in [-0.15, -0.1) is 0 Å². The summed E-state index contributed by atoms with van der Waals surface area (Å²) in [6.45, 7) is 7.68. The van der Waals surface area contributed by atoms with Crippen molar-refractivity contribution in [3.63, 3.8) is 0 Å². The second kappa shape index (κ2) is 12.6. The topological polar surface area (TPSA) is 122 Å². The van der Waals surface area contributed by atoms with Gasteiger partial charge in [0, 0.05) is 22.6 Å². The van der Waals surface area contributed by atoms with Gasteiger partial charge in [-0.25, -0.2) is 23.1 Å². The minimum Gasteiger partial charge on any atom is -0.491 e. The number of carbonyl (C=O) groups is 1. The van der Waals surface area contributed by atoms with Crippen LogP contribution in [0.5, 0.6) is 5.75 Å². The van der Waals surface area contributed by atoms with Crippen LogP contribution in [0.2, 0.25) is 0 Å². The predicted molar refractivity (Wildman–Crippen MR) is 149 cm³/mol. The molecular formula is C26H31N5O4S2. The summed E-state index contributed by atoms with van der Waals surface area (Å²) in [5.41, 5.74) is 2.25. The molecule has 1 heterocycles. The van der Waals surface area contributed by atoms with Crippen LogP contribution in [-0.2, 0) is 10.0 Å². The first-order valence-electron chi connectivity index (χ1n) is 11.9. The van der Waals surface area contributed by atoms with Gasteiger partial charge in [0.15, 0.2) is 5.11 Å². The molecule has 0 fully saturated rings. The quantitative estimate of drug-likeness (QED) is 0.307. The lowest BCUT2D eigenvalue weighted by molar-refractivity contribution is 0.0977. The fourth-order valence-electron chi connectivity index (χ4n) is 3.47. The van der Waals surface area contributed by atoms with Crippen molar-refractivity contribution in [3.05, 3.63) is 71.5 Å². The Kier molecular flexibility index (Phi) is 9.54. The Bertz CT molecular complexity index is 1320. The van der Waals surface area contributed by atoms with E-state index in [9.17, 15) is 13.2 Å². The largest absolute Gasteiger partial charge is 0.491 e. The molecule has 0 aliphatic rings. The molecule has 3 aromatic rings. The highest BCUT2D eigenvalue weighted by atomic mass is 32.2. The van der Waals surface area contributed by atoms with Gasteiger partial charge in [-0.3, -0.25) is 10.1 Å². The van der Waals surface area contributed by atoms with Gasteiger partial charge in [0.05, 0.1) is 11.0 Å². The van der Waals surface area contributed by atoms with Crippen molar-refractivity contribution in [2.75, 3.05) is 10.0 Å². The first kappa shape index (κ1) is 28.0. The molecule has 0 saturated heterocycles. The SMILES string of the molecule is CCCCC(C)Oc1ccc(C(=O)NC(=S)Nc2ccc(S(=O)(=O)Nc3nc(C)cc(C)n3)cc2)cc1. The molecule has 196 valence electrons. The Labute approximate surface area is 223 Å². The number of unbranched alkanes of at least 4 members (excludes halogenated alkanes) is 1. The van der Waals surface area contributed by atoms with Gasteiger partial charge < -0.3 is 10.1 Å². The van der Waals surface area contributed by atoms with Crippen LogP contribution in [0.25, 0.3) is 0 Å². The molecule has 0 bridgehead atoms. The Morgan fingerprint density at radius 3 is 2.24 bits per heavy atom. The van der Waals surface area contributed by atoms with Gasteiger partial charge in [0.2, 0.25) is 5.95 Å². The molecule has 2 aromatic carbocycles. The molecule has 9 nitrogen and oxygen atoms in total. The number of ether oxygens (including phenoxy) is 1. The molecule has 1 unspecified atom stereocenters. The number of anilines is 2. The normalized spacial score (nSPS) is 11.9. The molecule has 0 saturated carbocycles.